The summed E-state index contributed by atoms with van der Waals surface area (Å²) < 4.78 is 23.6. The molecule has 1 fully saturated rings. The fraction of sp³-hybridized carbons (Fsp3) is 0.417. The fourth-order valence-electron chi connectivity index (χ4n) is 1.45. The van der Waals surface area contributed by atoms with E-state index in [1.165, 1.54) is 13.2 Å². The van der Waals surface area contributed by atoms with E-state index in [0.717, 1.165) is 12.8 Å². The van der Waals surface area contributed by atoms with Crippen LogP contribution in [-0.2, 0) is 14.3 Å². The molecule has 1 aromatic rings. The maximum atomic E-state index is 13.5. The number of esters is 1. The van der Waals surface area contributed by atoms with E-state index in [2.05, 4.69) is 4.74 Å². The van der Waals surface area contributed by atoms with E-state index in [4.69, 9.17) is 4.74 Å². The maximum absolute atomic E-state index is 13.5. The van der Waals surface area contributed by atoms with Crippen LogP contribution in [0.1, 0.15) is 24.5 Å². The minimum Gasteiger partial charge on any atom is -0.467 e. The van der Waals surface area contributed by atoms with E-state index in [1.807, 2.05) is 0 Å². The largest absolute Gasteiger partial charge is 0.467 e. The Hall–Kier alpha value is -1.42. The quantitative estimate of drug-likeness (QED) is 0.735. The van der Waals surface area contributed by atoms with Gasteiger partial charge in [-0.05, 0) is 18.9 Å². The summed E-state index contributed by atoms with van der Waals surface area (Å²) >= 11 is 0. The van der Waals surface area contributed by atoms with Gasteiger partial charge in [0.15, 0.2) is 6.10 Å². The summed E-state index contributed by atoms with van der Waals surface area (Å²) in [7, 11) is 1.27. The van der Waals surface area contributed by atoms with Crippen LogP contribution in [0.3, 0.4) is 0 Å². The molecule has 2 rings (SSSR count). The van der Waals surface area contributed by atoms with Gasteiger partial charge in [0.05, 0.1) is 13.2 Å². The van der Waals surface area contributed by atoms with Crippen molar-refractivity contribution in [2.45, 2.75) is 25.0 Å². The molecule has 1 unspecified atom stereocenters. The summed E-state index contributed by atoms with van der Waals surface area (Å²) in [6.07, 6.45) is 0.951. The van der Waals surface area contributed by atoms with Gasteiger partial charge in [-0.15, -0.1) is 0 Å². The van der Waals surface area contributed by atoms with E-state index in [-0.39, 0.29) is 11.7 Å². The Morgan fingerprint density at radius 3 is 2.69 bits per heavy atom. The van der Waals surface area contributed by atoms with Crippen molar-refractivity contribution in [3.63, 3.8) is 0 Å². The minimum absolute atomic E-state index is 0.0590. The molecule has 1 aliphatic rings. The first kappa shape index (κ1) is 11.1. The van der Waals surface area contributed by atoms with Crippen molar-refractivity contribution < 1.29 is 18.7 Å². The number of rotatable bonds is 4. The van der Waals surface area contributed by atoms with Gasteiger partial charge in [-0.25, -0.2) is 9.18 Å². The van der Waals surface area contributed by atoms with Crippen molar-refractivity contribution in [2.24, 2.45) is 0 Å². The standard InChI is InChI=1S/C12H13FO3/c1-15-12(14)11(16-8-6-7-8)9-4-2-3-5-10(9)13/h2-5,8,11H,6-7H2,1H3. The summed E-state index contributed by atoms with van der Waals surface area (Å²) in [4.78, 5) is 11.5. The second kappa shape index (κ2) is 4.61. The second-order valence-corrected chi connectivity index (χ2v) is 3.76. The lowest BCUT2D eigenvalue weighted by Crippen LogP contribution is -2.19. The van der Waals surface area contributed by atoms with Crippen molar-refractivity contribution in [3.05, 3.63) is 35.6 Å². The number of hydrogen-bond acceptors (Lipinski definition) is 3. The predicted molar refractivity (Wildman–Crippen MR) is 55.3 cm³/mol. The molecule has 0 bridgehead atoms. The Bertz CT molecular complexity index is 388. The first-order chi connectivity index (χ1) is 7.72. The highest BCUT2D eigenvalue weighted by atomic mass is 19.1. The molecule has 86 valence electrons. The molecule has 1 saturated carbocycles. The fourth-order valence-corrected chi connectivity index (χ4v) is 1.45. The van der Waals surface area contributed by atoms with Gasteiger partial charge in [-0.2, -0.15) is 0 Å². The van der Waals surface area contributed by atoms with E-state index < -0.39 is 17.9 Å². The third-order valence-corrected chi connectivity index (χ3v) is 2.46. The summed E-state index contributed by atoms with van der Waals surface area (Å²) in [6, 6.07) is 6.09. The zero-order chi connectivity index (χ0) is 11.5. The summed E-state index contributed by atoms with van der Waals surface area (Å²) in [5, 5.41) is 0. The van der Waals surface area contributed by atoms with Gasteiger partial charge in [-0.1, -0.05) is 18.2 Å². The number of hydrogen-bond donors (Lipinski definition) is 0. The molecular formula is C12H13FO3. The van der Waals surface area contributed by atoms with Gasteiger partial charge in [0.2, 0.25) is 0 Å². The molecular weight excluding hydrogens is 211 g/mol. The third kappa shape index (κ3) is 2.39. The van der Waals surface area contributed by atoms with Gasteiger partial charge in [0.25, 0.3) is 0 Å². The van der Waals surface area contributed by atoms with E-state index in [0.29, 0.717) is 0 Å². The van der Waals surface area contributed by atoms with E-state index in [9.17, 15) is 9.18 Å². The van der Waals surface area contributed by atoms with Crippen LogP contribution in [0.4, 0.5) is 4.39 Å². The van der Waals surface area contributed by atoms with Crippen LogP contribution in [0.15, 0.2) is 24.3 Å². The third-order valence-electron chi connectivity index (χ3n) is 2.46. The number of carbonyl (C=O) groups is 1. The highest BCUT2D eigenvalue weighted by molar-refractivity contribution is 5.76. The normalized spacial score (nSPS) is 16.9. The molecule has 0 aliphatic heterocycles. The molecule has 0 aromatic heterocycles. The Labute approximate surface area is 93.2 Å². The van der Waals surface area contributed by atoms with Crippen LogP contribution in [-0.4, -0.2) is 19.2 Å². The van der Waals surface area contributed by atoms with Gasteiger partial charge in [0.1, 0.15) is 5.82 Å². The molecule has 16 heavy (non-hydrogen) atoms. The van der Waals surface area contributed by atoms with Crippen LogP contribution in [0, 0.1) is 5.82 Å². The highest BCUT2D eigenvalue weighted by Gasteiger charge is 2.33. The molecule has 0 heterocycles. The highest BCUT2D eigenvalue weighted by Crippen LogP contribution is 2.32. The Kier molecular flexibility index (Phi) is 3.19. The molecule has 0 spiro atoms. The van der Waals surface area contributed by atoms with Crippen LogP contribution >= 0.6 is 0 Å². The van der Waals surface area contributed by atoms with Crippen molar-refractivity contribution in [1.29, 1.82) is 0 Å². The van der Waals surface area contributed by atoms with Crippen molar-refractivity contribution in [2.75, 3.05) is 7.11 Å². The molecule has 0 N–H and O–H groups in total. The molecule has 1 atom stereocenters. The van der Waals surface area contributed by atoms with Crippen LogP contribution in [0.5, 0.6) is 0 Å². The molecule has 1 aromatic carbocycles. The zero-order valence-electron chi connectivity index (χ0n) is 8.98. The SMILES string of the molecule is COC(=O)C(OC1CC1)c1ccccc1F. The van der Waals surface area contributed by atoms with Crippen LogP contribution in [0.2, 0.25) is 0 Å². The smallest absolute Gasteiger partial charge is 0.339 e. The Balaban J connectivity index is 2.22. The van der Waals surface area contributed by atoms with Crippen LogP contribution in [0.25, 0.3) is 0 Å². The Morgan fingerprint density at radius 1 is 1.44 bits per heavy atom. The van der Waals surface area contributed by atoms with Gasteiger partial charge in [0, 0.05) is 5.56 Å². The number of methoxy groups -OCH3 is 1. The Morgan fingerprint density at radius 2 is 2.12 bits per heavy atom. The first-order valence-corrected chi connectivity index (χ1v) is 5.20. The predicted octanol–water partition coefficient (Wildman–Crippen LogP) is 2.22. The van der Waals surface area contributed by atoms with Crippen LogP contribution < -0.4 is 0 Å². The minimum atomic E-state index is -0.946. The summed E-state index contributed by atoms with van der Waals surface area (Å²) in [5.41, 5.74) is 0.237. The molecule has 4 heteroatoms. The number of benzene rings is 1. The van der Waals surface area contributed by atoms with Crippen molar-refractivity contribution in [3.8, 4) is 0 Å². The molecule has 0 saturated heterocycles. The topological polar surface area (TPSA) is 35.5 Å². The lowest BCUT2D eigenvalue weighted by atomic mass is 10.1. The molecule has 0 amide bonds. The van der Waals surface area contributed by atoms with Gasteiger partial charge < -0.3 is 9.47 Å². The number of carbonyl (C=O) groups excluding carboxylic acids is 1. The molecule has 1 aliphatic carbocycles. The van der Waals surface area contributed by atoms with Crippen molar-refractivity contribution >= 4 is 5.97 Å². The second-order valence-electron chi connectivity index (χ2n) is 3.76. The lowest BCUT2D eigenvalue weighted by molar-refractivity contribution is -0.155. The van der Waals surface area contributed by atoms with Gasteiger partial charge in [-0.3, -0.25) is 0 Å². The average molecular weight is 224 g/mol. The average Bonchev–Trinajstić information content (AvgIpc) is 3.10. The first-order valence-electron chi connectivity index (χ1n) is 5.20. The summed E-state index contributed by atoms with van der Waals surface area (Å²) in [5.74, 6) is -1.00. The van der Waals surface area contributed by atoms with Crippen molar-refractivity contribution in [1.82, 2.24) is 0 Å². The number of ether oxygens (including phenoxy) is 2. The lowest BCUT2D eigenvalue weighted by Gasteiger charge is -2.16. The number of halogens is 1. The van der Waals surface area contributed by atoms with E-state index >= 15 is 0 Å². The zero-order valence-corrected chi connectivity index (χ0v) is 8.98. The molecule has 0 radical (unpaired) electrons. The summed E-state index contributed by atoms with van der Waals surface area (Å²) in [6.45, 7) is 0. The van der Waals surface area contributed by atoms with E-state index in [1.54, 1.807) is 18.2 Å². The molecule has 3 nitrogen and oxygen atoms in total. The van der Waals surface area contributed by atoms with Gasteiger partial charge >= 0.3 is 5.97 Å². The monoisotopic (exact) mass is 224 g/mol. The maximum Gasteiger partial charge on any atom is 0.339 e.